The van der Waals surface area contributed by atoms with E-state index in [1.54, 1.807) is 30.0 Å². The van der Waals surface area contributed by atoms with Gasteiger partial charge in [0.05, 0.1) is 22.5 Å². The number of halogens is 2. The highest BCUT2D eigenvalue weighted by Gasteiger charge is 2.70. The molecule has 9 heteroatoms. The highest BCUT2D eigenvalue weighted by Crippen LogP contribution is 2.54. The number of fused-ring (bicyclic) bond motifs is 4. The molecular weight excluding hydrogens is 457 g/mol. The Labute approximate surface area is 193 Å². The summed E-state index contributed by atoms with van der Waals surface area (Å²) in [5.74, 6) is -1.86. The Morgan fingerprint density at radius 3 is 2.65 bits per heavy atom. The van der Waals surface area contributed by atoms with Crippen LogP contribution in [0.5, 0.6) is 0 Å². The third-order valence-electron chi connectivity index (χ3n) is 6.40. The first-order valence-corrected chi connectivity index (χ1v) is 12.1. The number of hydrogen-bond donors (Lipinski definition) is 2. The number of benzene rings is 2. The molecule has 2 N–H and O–H groups in total. The molecule has 2 fully saturated rings. The van der Waals surface area contributed by atoms with E-state index in [4.69, 9.17) is 23.2 Å². The topological polar surface area (TPSA) is 78.5 Å². The van der Waals surface area contributed by atoms with Crippen LogP contribution in [0.4, 0.5) is 11.4 Å². The summed E-state index contributed by atoms with van der Waals surface area (Å²) >= 11 is 14.1. The van der Waals surface area contributed by atoms with E-state index < -0.39 is 23.3 Å². The number of nitrogens with one attached hydrogen (secondary N) is 2. The van der Waals surface area contributed by atoms with Crippen LogP contribution in [0, 0.1) is 11.8 Å². The highest BCUT2D eigenvalue weighted by molar-refractivity contribution is 7.98. The SMILES string of the molecule is CSCC[C@@H]1N[C@]2(C(=O)Nc3ccccc32)[C@@H]2C(=O)N(c3cc(Cl)ccc3Cl)C(=O)[C@H]12. The first kappa shape index (κ1) is 20.8. The van der Waals surface area contributed by atoms with Crippen molar-refractivity contribution in [1.29, 1.82) is 0 Å². The largest absolute Gasteiger partial charge is 0.324 e. The molecule has 160 valence electrons. The molecule has 5 rings (SSSR count). The molecule has 3 heterocycles. The van der Waals surface area contributed by atoms with Gasteiger partial charge in [-0.15, -0.1) is 0 Å². The number of hydrogen-bond acceptors (Lipinski definition) is 5. The van der Waals surface area contributed by atoms with Crippen LogP contribution in [0.1, 0.15) is 12.0 Å². The Morgan fingerprint density at radius 1 is 1.10 bits per heavy atom. The zero-order chi connectivity index (χ0) is 21.9. The lowest BCUT2D eigenvalue weighted by molar-refractivity contribution is -0.130. The van der Waals surface area contributed by atoms with Gasteiger partial charge in [0.15, 0.2) is 0 Å². The summed E-state index contributed by atoms with van der Waals surface area (Å²) in [5.41, 5.74) is 0.311. The minimum absolute atomic E-state index is 0.254. The summed E-state index contributed by atoms with van der Waals surface area (Å²) < 4.78 is 0. The van der Waals surface area contributed by atoms with E-state index in [1.165, 1.54) is 6.07 Å². The second-order valence-electron chi connectivity index (χ2n) is 7.95. The molecule has 0 radical (unpaired) electrons. The Kier molecular flexibility index (Phi) is 5.05. The molecule has 3 aliphatic rings. The number of thioether (sulfide) groups is 1. The maximum atomic E-state index is 13.8. The molecule has 0 bridgehead atoms. The number of amides is 3. The van der Waals surface area contributed by atoms with Crippen LogP contribution in [0.2, 0.25) is 10.0 Å². The fourth-order valence-corrected chi connectivity index (χ4v) is 6.00. The van der Waals surface area contributed by atoms with Gasteiger partial charge in [0.1, 0.15) is 5.54 Å². The number of nitrogens with zero attached hydrogens (tertiary/aromatic N) is 1. The summed E-state index contributed by atoms with van der Waals surface area (Å²) in [5, 5.41) is 6.93. The van der Waals surface area contributed by atoms with Crippen molar-refractivity contribution < 1.29 is 14.4 Å². The molecule has 4 atom stereocenters. The summed E-state index contributed by atoms with van der Waals surface area (Å²) in [6, 6.07) is 11.7. The van der Waals surface area contributed by atoms with Gasteiger partial charge in [0.2, 0.25) is 17.7 Å². The van der Waals surface area contributed by atoms with Gasteiger partial charge in [-0.25, -0.2) is 4.90 Å². The average molecular weight is 476 g/mol. The van der Waals surface area contributed by atoms with Crippen LogP contribution in [0.25, 0.3) is 0 Å². The molecule has 2 aromatic carbocycles. The summed E-state index contributed by atoms with van der Waals surface area (Å²) in [6.07, 6.45) is 2.63. The molecular formula is C22H19Cl2N3O3S. The normalized spacial score (nSPS) is 28.9. The quantitative estimate of drug-likeness (QED) is 0.659. The predicted molar refractivity (Wildman–Crippen MR) is 123 cm³/mol. The fourth-order valence-electron chi connectivity index (χ4n) is 5.15. The van der Waals surface area contributed by atoms with Gasteiger partial charge >= 0.3 is 0 Å². The van der Waals surface area contributed by atoms with Gasteiger partial charge in [-0.2, -0.15) is 11.8 Å². The monoisotopic (exact) mass is 475 g/mol. The third kappa shape index (κ3) is 2.87. The van der Waals surface area contributed by atoms with Gasteiger partial charge in [-0.3, -0.25) is 19.7 Å². The second-order valence-corrected chi connectivity index (χ2v) is 9.78. The number of para-hydroxylation sites is 1. The molecule has 0 aromatic heterocycles. The third-order valence-corrected chi connectivity index (χ3v) is 7.60. The van der Waals surface area contributed by atoms with Crippen LogP contribution in [0.3, 0.4) is 0 Å². The number of anilines is 2. The highest BCUT2D eigenvalue weighted by atomic mass is 35.5. The number of rotatable bonds is 4. The van der Waals surface area contributed by atoms with Crippen molar-refractivity contribution in [3.8, 4) is 0 Å². The fraction of sp³-hybridized carbons (Fsp3) is 0.318. The Hall–Kier alpha value is -2.06. The van der Waals surface area contributed by atoms with E-state index in [1.807, 2.05) is 24.5 Å². The van der Waals surface area contributed by atoms with Crippen molar-refractivity contribution in [2.75, 3.05) is 22.2 Å². The predicted octanol–water partition coefficient (Wildman–Crippen LogP) is 3.67. The van der Waals surface area contributed by atoms with E-state index in [0.717, 1.165) is 10.7 Å². The van der Waals surface area contributed by atoms with Gasteiger partial charge in [0, 0.05) is 22.3 Å². The summed E-state index contributed by atoms with van der Waals surface area (Å²) in [7, 11) is 0. The zero-order valence-corrected chi connectivity index (χ0v) is 18.9. The molecule has 2 aromatic rings. The smallest absolute Gasteiger partial charge is 0.250 e. The second kappa shape index (κ2) is 7.52. The van der Waals surface area contributed by atoms with Gasteiger partial charge < -0.3 is 5.32 Å². The van der Waals surface area contributed by atoms with Crippen LogP contribution < -0.4 is 15.5 Å². The number of carbonyl (C=O) groups excluding carboxylic acids is 3. The maximum absolute atomic E-state index is 13.8. The summed E-state index contributed by atoms with van der Waals surface area (Å²) in [6.45, 7) is 0. The zero-order valence-electron chi connectivity index (χ0n) is 16.5. The Balaban J connectivity index is 1.67. The molecule has 1 spiro atoms. The minimum atomic E-state index is -1.29. The first-order valence-electron chi connectivity index (χ1n) is 9.90. The van der Waals surface area contributed by atoms with Crippen LogP contribution in [-0.2, 0) is 19.9 Å². The van der Waals surface area contributed by atoms with E-state index in [-0.39, 0.29) is 28.6 Å². The molecule has 0 aliphatic carbocycles. The lowest BCUT2D eigenvalue weighted by Crippen LogP contribution is -2.53. The van der Waals surface area contributed by atoms with Gasteiger partial charge in [0.25, 0.3) is 0 Å². The van der Waals surface area contributed by atoms with E-state index >= 15 is 0 Å². The van der Waals surface area contributed by atoms with Crippen molar-refractivity contribution in [3.63, 3.8) is 0 Å². The van der Waals surface area contributed by atoms with E-state index in [9.17, 15) is 14.4 Å². The number of carbonyl (C=O) groups is 3. The average Bonchev–Trinajstić information content (AvgIpc) is 3.33. The van der Waals surface area contributed by atoms with Crippen LogP contribution in [-0.4, -0.2) is 35.8 Å². The molecule has 0 unspecified atom stereocenters. The van der Waals surface area contributed by atoms with Crippen molar-refractivity contribution in [3.05, 3.63) is 58.1 Å². The van der Waals surface area contributed by atoms with Crippen LogP contribution in [0.15, 0.2) is 42.5 Å². The molecule has 0 saturated carbocycles. The first-order chi connectivity index (χ1) is 14.9. The Morgan fingerprint density at radius 2 is 1.87 bits per heavy atom. The number of imide groups is 1. The Bertz CT molecular complexity index is 1130. The van der Waals surface area contributed by atoms with Gasteiger partial charge in [-0.1, -0.05) is 41.4 Å². The minimum Gasteiger partial charge on any atom is -0.324 e. The van der Waals surface area contributed by atoms with Crippen molar-refractivity contribution >= 4 is 64.1 Å². The molecule has 3 aliphatic heterocycles. The molecule has 3 amide bonds. The van der Waals surface area contributed by atoms with E-state index in [0.29, 0.717) is 22.7 Å². The lowest BCUT2D eigenvalue weighted by atomic mass is 9.76. The molecule has 2 saturated heterocycles. The van der Waals surface area contributed by atoms with Crippen molar-refractivity contribution in [1.82, 2.24) is 5.32 Å². The van der Waals surface area contributed by atoms with Crippen molar-refractivity contribution in [2.24, 2.45) is 11.8 Å². The maximum Gasteiger partial charge on any atom is 0.250 e. The lowest BCUT2D eigenvalue weighted by Gasteiger charge is -2.29. The summed E-state index contributed by atoms with van der Waals surface area (Å²) in [4.78, 5) is 41.8. The standard InChI is InChI=1S/C22H19Cl2N3O3S/c1-31-9-8-15-17-18(22(26-15)12-4-2-3-5-14(12)25-21(22)30)20(29)27(19(17)28)16-10-11(23)6-7-13(16)24/h2-7,10,15,17-18,26H,8-9H2,1H3,(H,25,30)/t15-,17+,18-,22-/m0/s1. The van der Waals surface area contributed by atoms with Crippen LogP contribution >= 0.6 is 35.0 Å². The van der Waals surface area contributed by atoms with Crippen molar-refractivity contribution in [2.45, 2.75) is 18.0 Å². The van der Waals surface area contributed by atoms with Gasteiger partial charge in [-0.05, 0) is 42.7 Å². The van der Waals surface area contributed by atoms with E-state index in [2.05, 4.69) is 10.6 Å². The molecule has 31 heavy (non-hydrogen) atoms. The molecule has 6 nitrogen and oxygen atoms in total.